The molecule has 0 heterocycles. The summed E-state index contributed by atoms with van der Waals surface area (Å²) in [7, 11) is 0. The van der Waals surface area contributed by atoms with Gasteiger partial charge in [0.2, 0.25) is 11.8 Å². The molecule has 1 atom stereocenters. The Bertz CT molecular complexity index is 618. The number of carbonyl (C=O) groups is 3. The molecule has 0 aliphatic heterocycles. The average Bonchev–Trinajstić information content (AvgIpc) is 2.44. The number of hydrogen-bond donors (Lipinski definition) is 3. The first-order chi connectivity index (χ1) is 11.5. The Morgan fingerprint density at radius 2 is 1.44 bits per heavy atom. The maximum Gasteiger partial charge on any atom is 0.408 e. The average molecular weight is 349 g/mol. The van der Waals surface area contributed by atoms with Gasteiger partial charge >= 0.3 is 6.09 Å². The first-order valence-corrected chi connectivity index (χ1v) is 8.16. The molecule has 1 rings (SSSR count). The van der Waals surface area contributed by atoms with Gasteiger partial charge in [0.15, 0.2) is 0 Å². The van der Waals surface area contributed by atoms with Crippen LogP contribution >= 0.6 is 0 Å². The highest BCUT2D eigenvalue weighted by atomic mass is 16.6. The molecule has 1 aromatic carbocycles. The van der Waals surface area contributed by atoms with Crippen LogP contribution in [0.2, 0.25) is 0 Å². The SMILES string of the molecule is CC(=O)Nc1ccc(NC(=O)[C@@H](NC(=O)OC(C)(C)C)C(C)C)cc1. The molecule has 138 valence electrons. The summed E-state index contributed by atoms with van der Waals surface area (Å²) in [5, 5.41) is 8.00. The zero-order valence-electron chi connectivity index (χ0n) is 15.6. The van der Waals surface area contributed by atoms with E-state index in [9.17, 15) is 14.4 Å². The van der Waals surface area contributed by atoms with Gasteiger partial charge in [-0.15, -0.1) is 0 Å². The number of ether oxygens (including phenoxy) is 1. The van der Waals surface area contributed by atoms with Gasteiger partial charge in [0.1, 0.15) is 11.6 Å². The van der Waals surface area contributed by atoms with E-state index in [1.807, 2.05) is 13.8 Å². The maximum atomic E-state index is 12.5. The number of amides is 3. The van der Waals surface area contributed by atoms with Gasteiger partial charge in [0, 0.05) is 18.3 Å². The Kier molecular flexibility index (Phi) is 6.97. The second kappa shape index (κ2) is 8.50. The Balaban J connectivity index is 2.73. The normalized spacial score (nSPS) is 12.3. The van der Waals surface area contributed by atoms with E-state index in [0.29, 0.717) is 11.4 Å². The van der Waals surface area contributed by atoms with E-state index in [-0.39, 0.29) is 17.7 Å². The molecule has 0 aliphatic rings. The fraction of sp³-hybridized carbons (Fsp3) is 0.500. The summed E-state index contributed by atoms with van der Waals surface area (Å²) in [6, 6.07) is 5.98. The first-order valence-electron chi connectivity index (χ1n) is 8.16. The van der Waals surface area contributed by atoms with Crippen LogP contribution in [0.3, 0.4) is 0 Å². The highest BCUT2D eigenvalue weighted by molar-refractivity contribution is 5.97. The minimum Gasteiger partial charge on any atom is -0.444 e. The quantitative estimate of drug-likeness (QED) is 0.761. The highest BCUT2D eigenvalue weighted by Crippen LogP contribution is 2.15. The summed E-state index contributed by atoms with van der Waals surface area (Å²) < 4.78 is 5.20. The van der Waals surface area contributed by atoms with Crippen molar-refractivity contribution in [3.8, 4) is 0 Å². The number of hydrogen-bond acceptors (Lipinski definition) is 4. The fourth-order valence-electron chi connectivity index (χ4n) is 2.03. The molecule has 0 fully saturated rings. The van der Waals surface area contributed by atoms with E-state index in [2.05, 4.69) is 16.0 Å². The van der Waals surface area contributed by atoms with Crippen molar-refractivity contribution in [3.05, 3.63) is 24.3 Å². The molecule has 0 spiro atoms. The Hall–Kier alpha value is -2.57. The molecule has 3 amide bonds. The van der Waals surface area contributed by atoms with Gasteiger partial charge in [0.25, 0.3) is 0 Å². The minimum atomic E-state index is -0.732. The van der Waals surface area contributed by atoms with Crippen molar-refractivity contribution in [3.63, 3.8) is 0 Å². The van der Waals surface area contributed by atoms with Crippen LogP contribution in [0, 0.1) is 5.92 Å². The molecule has 0 radical (unpaired) electrons. The zero-order chi connectivity index (χ0) is 19.2. The molecular formula is C18H27N3O4. The zero-order valence-corrected chi connectivity index (χ0v) is 15.6. The fourth-order valence-corrected chi connectivity index (χ4v) is 2.03. The summed E-state index contributed by atoms with van der Waals surface area (Å²) in [4.78, 5) is 35.4. The molecule has 0 saturated carbocycles. The van der Waals surface area contributed by atoms with E-state index < -0.39 is 17.7 Å². The van der Waals surface area contributed by atoms with Crippen molar-refractivity contribution in [1.29, 1.82) is 0 Å². The summed E-state index contributed by atoms with van der Waals surface area (Å²) in [5.74, 6) is -0.627. The van der Waals surface area contributed by atoms with Gasteiger partial charge in [-0.05, 0) is 51.0 Å². The lowest BCUT2D eigenvalue weighted by atomic mass is 10.0. The summed E-state index contributed by atoms with van der Waals surface area (Å²) >= 11 is 0. The summed E-state index contributed by atoms with van der Waals surface area (Å²) in [5.41, 5.74) is 0.565. The van der Waals surface area contributed by atoms with Gasteiger partial charge in [-0.25, -0.2) is 4.79 Å². The lowest BCUT2D eigenvalue weighted by Crippen LogP contribution is -2.48. The topological polar surface area (TPSA) is 96.5 Å². The molecule has 7 nitrogen and oxygen atoms in total. The van der Waals surface area contributed by atoms with E-state index in [4.69, 9.17) is 4.74 Å². The lowest BCUT2D eigenvalue weighted by Gasteiger charge is -2.25. The lowest BCUT2D eigenvalue weighted by molar-refractivity contribution is -0.119. The molecule has 0 aromatic heterocycles. The molecule has 0 saturated heterocycles. The number of alkyl carbamates (subject to hydrolysis) is 1. The van der Waals surface area contributed by atoms with Gasteiger partial charge in [-0.3, -0.25) is 9.59 Å². The van der Waals surface area contributed by atoms with Crippen molar-refractivity contribution < 1.29 is 19.1 Å². The maximum absolute atomic E-state index is 12.5. The predicted molar refractivity (Wildman–Crippen MR) is 97.4 cm³/mol. The predicted octanol–water partition coefficient (Wildman–Crippen LogP) is 3.13. The Labute approximate surface area is 148 Å². The van der Waals surface area contributed by atoms with Crippen LogP contribution in [-0.2, 0) is 14.3 Å². The van der Waals surface area contributed by atoms with E-state index in [0.717, 1.165) is 0 Å². The molecule has 0 bridgehead atoms. The number of benzene rings is 1. The second-order valence-corrected chi connectivity index (χ2v) is 7.12. The molecule has 0 unspecified atom stereocenters. The van der Waals surface area contributed by atoms with Crippen LogP contribution < -0.4 is 16.0 Å². The summed E-state index contributed by atoms with van der Waals surface area (Å²) in [6.07, 6.45) is -0.637. The third-order valence-corrected chi connectivity index (χ3v) is 3.09. The van der Waals surface area contributed by atoms with Crippen LogP contribution in [0.1, 0.15) is 41.5 Å². The van der Waals surface area contributed by atoms with Crippen molar-refractivity contribution in [2.45, 2.75) is 53.2 Å². The van der Waals surface area contributed by atoms with Crippen LogP contribution in [0.15, 0.2) is 24.3 Å². The van der Waals surface area contributed by atoms with Crippen molar-refractivity contribution in [2.75, 3.05) is 10.6 Å². The van der Waals surface area contributed by atoms with Crippen molar-refractivity contribution in [1.82, 2.24) is 5.32 Å². The van der Waals surface area contributed by atoms with Gasteiger partial charge < -0.3 is 20.7 Å². The van der Waals surface area contributed by atoms with Gasteiger partial charge in [-0.2, -0.15) is 0 Å². The van der Waals surface area contributed by atoms with Crippen molar-refractivity contribution >= 4 is 29.3 Å². The molecule has 25 heavy (non-hydrogen) atoms. The first kappa shape index (κ1) is 20.5. The number of nitrogens with one attached hydrogen (secondary N) is 3. The molecule has 3 N–H and O–H groups in total. The Morgan fingerprint density at radius 1 is 0.960 bits per heavy atom. The largest absolute Gasteiger partial charge is 0.444 e. The number of rotatable bonds is 5. The minimum absolute atomic E-state index is 0.119. The third-order valence-electron chi connectivity index (χ3n) is 3.09. The summed E-state index contributed by atoms with van der Waals surface area (Å²) in [6.45, 7) is 10.4. The van der Waals surface area contributed by atoms with Gasteiger partial charge in [0.05, 0.1) is 0 Å². The third kappa shape index (κ3) is 7.69. The highest BCUT2D eigenvalue weighted by Gasteiger charge is 2.26. The number of anilines is 2. The van der Waals surface area contributed by atoms with E-state index in [1.165, 1.54) is 6.92 Å². The molecule has 1 aromatic rings. The van der Waals surface area contributed by atoms with Crippen LogP contribution in [0.5, 0.6) is 0 Å². The van der Waals surface area contributed by atoms with Crippen LogP contribution in [0.4, 0.5) is 16.2 Å². The second-order valence-electron chi connectivity index (χ2n) is 7.12. The molecule has 0 aliphatic carbocycles. The van der Waals surface area contributed by atoms with Crippen LogP contribution in [0.25, 0.3) is 0 Å². The van der Waals surface area contributed by atoms with E-state index >= 15 is 0 Å². The van der Waals surface area contributed by atoms with E-state index in [1.54, 1.807) is 45.0 Å². The molecule has 7 heteroatoms. The Morgan fingerprint density at radius 3 is 1.84 bits per heavy atom. The smallest absolute Gasteiger partial charge is 0.408 e. The molecular weight excluding hydrogens is 322 g/mol. The number of carbonyl (C=O) groups excluding carboxylic acids is 3. The van der Waals surface area contributed by atoms with Crippen molar-refractivity contribution in [2.24, 2.45) is 5.92 Å². The standard InChI is InChI=1S/C18H27N3O4/c1-11(2)15(21-17(24)25-18(4,5)6)16(23)20-14-9-7-13(8-10-14)19-12(3)22/h7-11,15H,1-6H3,(H,19,22)(H,20,23)(H,21,24)/t15-/m0/s1. The van der Waals surface area contributed by atoms with Crippen LogP contribution in [-0.4, -0.2) is 29.6 Å². The van der Waals surface area contributed by atoms with Gasteiger partial charge in [-0.1, -0.05) is 13.8 Å². The monoisotopic (exact) mass is 349 g/mol.